The predicted molar refractivity (Wildman–Crippen MR) is 87.3 cm³/mol. The van der Waals surface area contributed by atoms with Crippen molar-refractivity contribution in [1.29, 1.82) is 0 Å². The summed E-state index contributed by atoms with van der Waals surface area (Å²) >= 11 is 0. The zero-order chi connectivity index (χ0) is 16.6. The molecule has 0 saturated heterocycles. The van der Waals surface area contributed by atoms with Crippen LogP contribution >= 0.6 is 0 Å². The Balaban J connectivity index is 1.83. The van der Waals surface area contributed by atoms with Crippen molar-refractivity contribution in [3.8, 4) is 0 Å². The molecule has 2 heterocycles. The molecule has 1 aromatic heterocycles. The van der Waals surface area contributed by atoms with Gasteiger partial charge in [0.2, 0.25) is 5.91 Å². The van der Waals surface area contributed by atoms with Gasteiger partial charge in [0.1, 0.15) is 6.67 Å². The first-order chi connectivity index (χ1) is 11.0. The molecule has 0 aromatic carbocycles. The van der Waals surface area contributed by atoms with Crippen molar-refractivity contribution >= 4 is 5.91 Å². The Morgan fingerprint density at radius 3 is 2.96 bits per heavy atom. The summed E-state index contributed by atoms with van der Waals surface area (Å²) in [6, 6.07) is 1.97. The molecule has 0 bridgehead atoms. The topological polar surface area (TPSA) is 59.2 Å². The summed E-state index contributed by atoms with van der Waals surface area (Å²) in [6.07, 6.45) is 4.91. The van der Waals surface area contributed by atoms with Crippen molar-refractivity contribution in [3.63, 3.8) is 0 Å². The number of fused-ring (bicyclic) bond motifs is 1. The zero-order valence-electron chi connectivity index (χ0n) is 14.0. The van der Waals surface area contributed by atoms with E-state index in [0.717, 1.165) is 36.9 Å². The number of hydrogen-bond donors (Lipinski definition) is 1. The first-order valence-corrected chi connectivity index (χ1v) is 8.54. The third kappa shape index (κ3) is 2.87. The molecular weight excluding hydrogens is 293 g/mol. The maximum atomic E-state index is 13.2. The van der Waals surface area contributed by atoms with Gasteiger partial charge in [-0.15, -0.1) is 0 Å². The fraction of sp³-hybridized carbons (Fsp3) is 0.667. The molecule has 1 aromatic rings. The highest BCUT2D eigenvalue weighted by atomic mass is 19.1. The molecule has 1 aliphatic carbocycles. The molecule has 1 aliphatic heterocycles. The highest BCUT2D eigenvalue weighted by Crippen LogP contribution is 2.45. The van der Waals surface area contributed by atoms with Crippen molar-refractivity contribution in [2.75, 3.05) is 6.54 Å². The number of amides is 1. The first-order valence-electron chi connectivity index (χ1n) is 8.54. The molecule has 1 amide bonds. The molecule has 23 heavy (non-hydrogen) atoms. The average molecular weight is 319 g/mol. The number of pyridine rings is 1. The molecule has 0 unspecified atom stereocenters. The molecule has 0 spiro atoms. The number of nitrogens with zero attached hydrogens (tertiary/aromatic N) is 2. The van der Waals surface area contributed by atoms with Gasteiger partial charge in [-0.05, 0) is 36.8 Å². The second-order valence-corrected chi connectivity index (χ2v) is 7.37. The number of aromatic nitrogens is 1. The van der Waals surface area contributed by atoms with E-state index < -0.39 is 6.67 Å². The number of halogens is 1. The van der Waals surface area contributed by atoms with Crippen LogP contribution in [0, 0.1) is 11.3 Å². The molecule has 3 rings (SSSR count). The van der Waals surface area contributed by atoms with E-state index in [2.05, 4.69) is 18.8 Å². The molecule has 2 atom stereocenters. The van der Waals surface area contributed by atoms with Gasteiger partial charge in [0, 0.05) is 43.0 Å². The molecule has 2 aliphatic rings. The minimum Gasteiger partial charge on any atom is -0.337 e. The average Bonchev–Trinajstić information content (AvgIpc) is 2.96. The van der Waals surface area contributed by atoms with Gasteiger partial charge in [-0.1, -0.05) is 13.8 Å². The molecular formula is C18H26FN3O. The van der Waals surface area contributed by atoms with Crippen LogP contribution < -0.4 is 5.73 Å². The minimum atomic E-state index is -0.515. The molecule has 2 N–H and O–H groups in total. The van der Waals surface area contributed by atoms with Crippen molar-refractivity contribution in [1.82, 2.24) is 9.88 Å². The third-order valence-electron chi connectivity index (χ3n) is 5.66. The van der Waals surface area contributed by atoms with Gasteiger partial charge in [0.15, 0.2) is 0 Å². The standard InChI is InChI=1S/C18H26FN3O/c1-12(2)18(5-3-15(20)8-18)17(23)22-6-4-16-14(11-22)7-13(9-19)10-21-16/h7,10,12,15H,3-6,8-9,11,20H2,1-2H3/t15-,18+/m1/s1. The Labute approximate surface area is 137 Å². The number of carbonyl (C=O) groups is 1. The first kappa shape index (κ1) is 16.4. The maximum Gasteiger partial charge on any atom is 0.229 e. The summed E-state index contributed by atoms with van der Waals surface area (Å²) in [4.78, 5) is 19.5. The van der Waals surface area contributed by atoms with Crippen LogP contribution in [-0.2, 0) is 24.4 Å². The number of carbonyl (C=O) groups excluding carboxylic acids is 1. The quantitative estimate of drug-likeness (QED) is 0.931. The number of nitrogens with two attached hydrogens (primary N) is 1. The molecule has 5 heteroatoms. The zero-order valence-corrected chi connectivity index (χ0v) is 14.0. The monoisotopic (exact) mass is 319 g/mol. The van der Waals surface area contributed by atoms with E-state index in [1.807, 2.05) is 11.0 Å². The summed E-state index contributed by atoms with van der Waals surface area (Å²) in [5.74, 6) is 0.497. The predicted octanol–water partition coefficient (Wildman–Crippen LogP) is 2.59. The van der Waals surface area contributed by atoms with E-state index in [4.69, 9.17) is 5.73 Å². The Bertz CT molecular complexity index is 604. The number of alkyl halides is 1. The Morgan fingerprint density at radius 2 is 2.35 bits per heavy atom. The van der Waals surface area contributed by atoms with E-state index in [1.165, 1.54) is 0 Å². The van der Waals surface area contributed by atoms with Crippen LogP contribution in [0.3, 0.4) is 0 Å². The second kappa shape index (κ2) is 6.19. The molecule has 1 saturated carbocycles. The summed E-state index contributed by atoms with van der Waals surface area (Å²) in [6.45, 7) is 4.96. The van der Waals surface area contributed by atoms with Crippen LogP contribution in [0.5, 0.6) is 0 Å². The SMILES string of the molecule is CC(C)[C@]1(C(=O)N2CCc3ncc(CF)cc3C2)CC[C@@H](N)C1. The second-order valence-electron chi connectivity index (χ2n) is 7.37. The highest BCUT2D eigenvalue weighted by Gasteiger charge is 2.48. The lowest BCUT2D eigenvalue weighted by atomic mass is 9.74. The van der Waals surface area contributed by atoms with E-state index in [-0.39, 0.29) is 23.3 Å². The molecule has 0 radical (unpaired) electrons. The Hall–Kier alpha value is -1.49. The van der Waals surface area contributed by atoms with Gasteiger partial charge in [-0.2, -0.15) is 0 Å². The minimum absolute atomic E-state index is 0.123. The smallest absolute Gasteiger partial charge is 0.229 e. The fourth-order valence-electron chi connectivity index (χ4n) is 4.12. The number of rotatable bonds is 3. The summed E-state index contributed by atoms with van der Waals surface area (Å²) in [7, 11) is 0. The van der Waals surface area contributed by atoms with E-state index >= 15 is 0 Å². The fourth-order valence-corrected chi connectivity index (χ4v) is 4.12. The van der Waals surface area contributed by atoms with Crippen molar-refractivity contribution in [2.45, 2.75) is 58.8 Å². The lowest BCUT2D eigenvalue weighted by Gasteiger charge is -2.39. The number of hydrogen-bond acceptors (Lipinski definition) is 3. The summed E-state index contributed by atoms with van der Waals surface area (Å²) in [5, 5.41) is 0. The van der Waals surface area contributed by atoms with Gasteiger partial charge in [0.25, 0.3) is 0 Å². The van der Waals surface area contributed by atoms with Crippen molar-refractivity contribution in [2.24, 2.45) is 17.1 Å². The van der Waals surface area contributed by atoms with E-state index in [0.29, 0.717) is 18.7 Å². The Morgan fingerprint density at radius 1 is 1.57 bits per heavy atom. The van der Waals surface area contributed by atoms with Gasteiger partial charge >= 0.3 is 0 Å². The third-order valence-corrected chi connectivity index (χ3v) is 5.66. The van der Waals surface area contributed by atoms with Crippen LogP contribution in [0.1, 0.15) is 49.9 Å². The molecule has 126 valence electrons. The summed E-state index contributed by atoms with van der Waals surface area (Å²) < 4.78 is 12.9. The van der Waals surface area contributed by atoms with Gasteiger partial charge in [0.05, 0.1) is 5.41 Å². The van der Waals surface area contributed by atoms with Crippen molar-refractivity contribution in [3.05, 3.63) is 29.1 Å². The molecule has 1 fully saturated rings. The van der Waals surface area contributed by atoms with Crippen LogP contribution in [0.2, 0.25) is 0 Å². The highest BCUT2D eigenvalue weighted by molar-refractivity contribution is 5.83. The van der Waals surface area contributed by atoms with Gasteiger partial charge in [-0.3, -0.25) is 9.78 Å². The van der Waals surface area contributed by atoms with Gasteiger partial charge in [-0.25, -0.2) is 4.39 Å². The van der Waals surface area contributed by atoms with Crippen LogP contribution in [-0.4, -0.2) is 28.4 Å². The normalized spacial score (nSPS) is 27.3. The van der Waals surface area contributed by atoms with Crippen LogP contribution in [0.15, 0.2) is 12.3 Å². The lowest BCUT2D eigenvalue weighted by molar-refractivity contribution is -0.145. The van der Waals surface area contributed by atoms with E-state index in [1.54, 1.807) is 6.20 Å². The summed E-state index contributed by atoms with van der Waals surface area (Å²) in [5.41, 5.74) is 8.34. The maximum absolute atomic E-state index is 13.2. The largest absolute Gasteiger partial charge is 0.337 e. The Kier molecular flexibility index (Phi) is 4.41. The van der Waals surface area contributed by atoms with E-state index in [9.17, 15) is 9.18 Å². The van der Waals surface area contributed by atoms with Gasteiger partial charge < -0.3 is 10.6 Å². The van der Waals surface area contributed by atoms with Crippen LogP contribution in [0.25, 0.3) is 0 Å². The van der Waals surface area contributed by atoms with Crippen molar-refractivity contribution < 1.29 is 9.18 Å². The molecule has 4 nitrogen and oxygen atoms in total. The lowest BCUT2D eigenvalue weighted by Crippen LogP contribution is -2.48. The van der Waals surface area contributed by atoms with Crippen LogP contribution in [0.4, 0.5) is 4.39 Å².